The van der Waals surface area contributed by atoms with E-state index < -0.39 is 0 Å². The number of rotatable bonds is 8. The van der Waals surface area contributed by atoms with Crippen LogP contribution in [0.25, 0.3) is 0 Å². The summed E-state index contributed by atoms with van der Waals surface area (Å²) in [7, 11) is 0. The molecule has 6 nitrogen and oxygen atoms in total. The molecule has 0 fully saturated rings. The molecular formula is C14H27IN6. The molecule has 0 saturated heterocycles. The lowest BCUT2D eigenvalue weighted by Gasteiger charge is -2.16. The van der Waals surface area contributed by atoms with Crippen molar-refractivity contribution in [2.75, 3.05) is 13.1 Å². The maximum absolute atomic E-state index is 4.57. The maximum Gasteiger partial charge on any atom is 0.191 e. The highest BCUT2D eigenvalue weighted by molar-refractivity contribution is 14.0. The number of nitrogens with zero attached hydrogens (tertiary/aromatic N) is 4. The van der Waals surface area contributed by atoms with Gasteiger partial charge in [-0.05, 0) is 13.3 Å². The fourth-order valence-electron chi connectivity index (χ4n) is 1.67. The van der Waals surface area contributed by atoms with Gasteiger partial charge in [0.2, 0.25) is 0 Å². The van der Waals surface area contributed by atoms with E-state index in [0.717, 1.165) is 31.2 Å². The van der Waals surface area contributed by atoms with E-state index in [4.69, 9.17) is 0 Å². The minimum absolute atomic E-state index is 0. The van der Waals surface area contributed by atoms with Crippen molar-refractivity contribution in [3.05, 3.63) is 24.8 Å². The molecule has 0 aromatic carbocycles. The largest absolute Gasteiger partial charge is 0.354 e. The van der Waals surface area contributed by atoms with Crippen molar-refractivity contribution in [3.63, 3.8) is 0 Å². The molecule has 21 heavy (non-hydrogen) atoms. The quantitative estimate of drug-likeness (QED) is 0.300. The van der Waals surface area contributed by atoms with Crippen LogP contribution in [0.4, 0.5) is 0 Å². The molecule has 1 atom stereocenters. The predicted octanol–water partition coefficient (Wildman–Crippen LogP) is 1.98. The molecule has 0 spiro atoms. The number of halogens is 1. The molecule has 2 N–H and O–H groups in total. The average Bonchev–Trinajstić information content (AvgIpc) is 2.91. The summed E-state index contributed by atoms with van der Waals surface area (Å²) in [4.78, 5) is 4.57. The molecular weight excluding hydrogens is 379 g/mol. The minimum Gasteiger partial charge on any atom is -0.354 e. The number of hydrogen-bond acceptors (Lipinski definition) is 3. The third-order valence-corrected chi connectivity index (χ3v) is 3.03. The fraction of sp³-hybridized carbons (Fsp3) is 0.643. The van der Waals surface area contributed by atoms with Crippen molar-refractivity contribution in [2.24, 2.45) is 4.99 Å². The number of aliphatic imine (C=N–C) groups is 1. The van der Waals surface area contributed by atoms with Crippen molar-refractivity contribution in [1.82, 2.24) is 25.4 Å². The van der Waals surface area contributed by atoms with Crippen LogP contribution in [0.3, 0.4) is 0 Å². The van der Waals surface area contributed by atoms with Gasteiger partial charge in [-0.3, -0.25) is 4.99 Å². The average molecular weight is 406 g/mol. The topological polar surface area (TPSA) is 67.1 Å². The highest BCUT2D eigenvalue weighted by Gasteiger charge is 2.03. The van der Waals surface area contributed by atoms with Gasteiger partial charge in [0.25, 0.3) is 0 Å². The molecule has 0 bridgehead atoms. The molecule has 0 aliphatic carbocycles. The lowest BCUT2D eigenvalue weighted by atomic mass is 10.3. The first-order valence-corrected chi connectivity index (χ1v) is 7.23. The van der Waals surface area contributed by atoms with Crippen LogP contribution in [-0.2, 0) is 13.0 Å². The Hall–Kier alpha value is -1.12. The smallest absolute Gasteiger partial charge is 0.191 e. The van der Waals surface area contributed by atoms with Gasteiger partial charge in [0.05, 0.1) is 6.54 Å². The Morgan fingerprint density at radius 2 is 2.29 bits per heavy atom. The predicted molar refractivity (Wildman–Crippen MR) is 98.2 cm³/mol. The van der Waals surface area contributed by atoms with E-state index in [-0.39, 0.29) is 24.0 Å². The van der Waals surface area contributed by atoms with E-state index in [1.807, 2.05) is 10.6 Å². The highest BCUT2D eigenvalue weighted by Crippen LogP contribution is 1.96. The summed E-state index contributed by atoms with van der Waals surface area (Å²) in [5, 5.41) is 14.6. The van der Waals surface area contributed by atoms with Gasteiger partial charge in [0, 0.05) is 25.6 Å². The third kappa shape index (κ3) is 7.45. The Morgan fingerprint density at radius 1 is 1.52 bits per heavy atom. The van der Waals surface area contributed by atoms with Gasteiger partial charge < -0.3 is 15.2 Å². The molecule has 0 aliphatic rings. The van der Waals surface area contributed by atoms with Crippen molar-refractivity contribution in [3.8, 4) is 0 Å². The van der Waals surface area contributed by atoms with Crippen LogP contribution >= 0.6 is 24.0 Å². The van der Waals surface area contributed by atoms with Crippen molar-refractivity contribution in [2.45, 2.75) is 46.2 Å². The monoisotopic (exact) mass is 406 g/mol. The molecule has 0 radical (unpaired) electrons. The van der Waals surface area contributed by atoms with E-state index in [1.54, 1.807) is 6.33 Å². The SMILES string of the molecule is C=CCNC(=NCCn1cnnc1CC)NC(C)CC.I. The summed E-state index contributed by atoms with van der Waals surface area (Å²) < 4.78 is 2.04. The number of guanidine groups is 1. The lowest BCUT2D eigenvalue weighted by Crippen LogP contribution is -2.42. The second-order valence-corrected chi connectivity index (χ2v) is 4.65. The highest BCUT2D eigenvalue weighted by atomic mass is 127. The first-order valence-electron chi connectivity index (χ1n) is 7.23. The number of hydrogen-bond donors (Lipinski definition) is 2. The van der Waals surface area contributed by atoms with Crippen LogP contribution in [0.2, 0.25) is 0 Å². The minimum atomic E-state index is 0. The number of nitrogens with one attached hydrogen (secondary N) is 2. The van der Waals surface area contributed by atoms with E-state index in [0.29, 0.717) is 19.1 Å². The molecule has 0 aliphatic heterocycles. The zero-order valence-corrected chi connectivity index (χ0v) is 15.5. The Balaban J connectivity index is 0.00000400. The Kier molecular flexibility index (Phi) is 10.9. The normalized spacial score (nSPS) is 12.4. The fourth-order valence-corrected chi connectivity index (χ4v) is 1.67. The van der Waals surface area contributed by atoms with Crippen molar-refractivity contribution >= 4 is 29.9 Å². The van der Waals surface area contributed by atoms with E-state index in [9.17, 15) is 0 Å². The van der Waals surface area contributed by atoms with Gasteiger partial charge in [-0.15, -0.1) is 40.8 Å². The summed E-state index contributed by atoms with van der Waals surface area (Å²) >= 11 is 0. The zero-order chi connectivity index (χ0) is 14.8. The summed E-state index contributed by atoms with van der Waals surface area (Å²) in [6, 6.07) is 0.396. The van der Waals surface area contributed by atoms with E-state index in [1.165, 1.54) is 0 Å². The van der Waals surface area contributed by atoms with Crippen molar-refractivity contribution in [1.29, 1.82) is 0 Å². The second kappa shape index (κ2) is 11.5. The van der Waals surface area contributed by atoms with Crippen LogP contribution in [0, 0.1) is 0 Å². The van der Waals surface area contributed by atoms with Crippen LogP contribution in [0.15, 0.2) is 24.0 Å². The summed E-state index contributed by atoms with van der Waals surface area (Å²) in [5.41, 5.74) is 0. The van der Waals surface area contributed by atoms with Gasteiger partial charge >= 0.3 is 0 Å². The number of aryl methyl sites for hydroxylation is 1. The molecule has 120 valence electrons. The Morgan fingerprint density at radius 3 is 2.90 bits per heavy atom. The lowest BCUT2D eigenvalue weighted by molar-refractivity contribution is 0.619. The van der Waals surface area contributed by atoms with Gasteiger partial charge in [-0.25, -0.2) is 0 Å². The standard InChI is InChI=1S/C14H26N6.HI/c1-5-8-15-14(18-12(4)6-2)16-9-10-20-11-17-19-13(20)7-3;/h5,11-12H,1,6-10H2,2-4H3,(H2,15,16,18);1H. The molecule has 0 saturated carbocycles. The first-order chi connectivity index (χ1) is 9.71. The van der Waals surface area contributed by atoms with Gasteiger partial charge in [0.15, 0.2) is 5.96 Å². The Bertz CT molecular complexity index is 429. The van der Waals surface area contributed by atoms with Crippen LogP contribution in [-0.4, -0.2) is 39.9 Å². The van der Waals surface area contributed by atoms with E-state index >= 15 is 0 Å². The first kappa shape index (κ1) is 19.9. The van der Waals surface area contributed by atoms with Crippen LogP contribution in [0.5, 0.6) is 0 Å². The number of aromatic nitrogens is 3. The zero-order valence-electron chi connectivity index (χ0n) is 13.2. The van der Waals surface area contributed by atoms with Crippen LogP contribution < -0.4 is 10.6 Å². The third-order valence-electron chi connectivity index (χ3n) is 3.03. The molecule has 1 rings (SSSR count). The van der Waals surface area contributed by atoms with Gasteiger partial charge in [-0.2, -0.15) is 0 Å². The second-order valence-electron chi connectivity index (χ2n) is 4.65. The van der Waals surface area contributed by atoms with E-state index in [2.05, 4.69) is 53.2 Å². The molecule has 7 heteroatoms. The molecule has 1 heterocycles. The molecule has 1 aromatic heterocycles. The molecule has 1 aromatic rings. The van der Waals surface area contributed by atoms with Gasteiger partial charge in [0.1, 0.15) is 12.2 Å². The van der Waals surface area contributed by atoms with Crippen molar-refractivity contribution < 1.29 is 0 Å². The summed E-state index contributed by atoms with van der Waals surface area (Å²) in [6.45, 7) is 12.3. The summed E-state index contributed by atoms with van der Waals surface area (Å²) in [6.07, 6.45) is 5.52. The molecule has 1 unspecified atom stereocenters. The maximum atomic E-state index is 4.57. The van der Waals surface area contributed by atoms with Gasteiger partial charge in [-0.1, -0.05) is 19.9 Å². The summed E-state index contributed by atoms with van der Waals surface area (Å²) in [5.74, 6) is 1.82. The van der Waals surface area contributed by atoms with Crippen LogP contribution in [0.1, 0.15) is 33.0 Å². The Labute approximate surface area is 144 Å². The molecule has 0 amide bonds.